The molecule has 0 amide bonds. The Balaban J connectivity index is 1.83. The Kier molecular flexibility index (Phi) is 7.04. The molecule has 0 spiro atoms. The average Bonchev–Trinajstić information content (AvgIpc) is 2.72. The van der Waals surface area contributed by atoms with E-state index in [1.165, 1.54) is 28.8 Å². The topological polar surface area (TPSA) is 0 Å². The summed E-state index contributed by atoms with van der Waals surface area (Å²) in [6.07, 6.45) is 3.81. The van der Waals surface area contributed by atoms with Crippen molar-refractivity contribution >= 4 is 23.5 Å². The molecule has 0 aliphatic rings. The lowest BCUT2D eigenvalue weighted by molar-refractivity contribution is 0.572. The minimum absolute atomic E-state index is 0.210. The number of halogens is 2. The van der Waals surface area contributed by atoms with Gasteiger partial charge < -0.3 is 0 Å². The molecule has 0 heterocycles. The van der Waals surface area contributed by atoms with Crippen LogP contribution in [0.5, 0.6) is 0 Å². The van der Waals surface area contributed by atoms with E-state index in [9.17, 15) is 8.78 Å². The van der Waals surface area contributed by atoms with Crippen molar-refractivity contribution < 1.29 is 8.78 Å². The summed E-state index contributed by atoms with van der Waals surface area (Å²) in [7, 11) is 0. The minimum atomic E-state index is -0.645. The van der Waals surface area contributed by atoms with Gasteiger partial charge in [0.05, 0.1) is 5.56 Å². The molecule has 0 saturated carbocycles. The fourth-order valence-electron chi connectivity index (χ4n) is 2.62. The smallest absolute Gasteiger partial charge is 0.142 e. The number of aryl methyl sites for hydroxylation is 1. The quantitative estimate of drug-likeness (QED) is 0.342. The van der Waals surface area contributed by atoms with Crippen LogP contribution in [0.2, 0.25) is 0 Å². The van der Waals surface area contributed by atoms with Gasteiger partial charge in [-0.15, -0.1) is 23.5 Å². The SMILES string of the molecule is CSc1ccc(C#Cc2ccc(C#Cc3c(F)cc(SC)cc3F)cc2C)cc1. The molecular formula is C25H18F2S2. The number of benzene rings is 3. The van der Waals surface area contributed by atoms with Gasteiger partial charge in [0.25, 0.3) is 0 Å². The third-order valence-electron chi connectivity index (χ3n) is 4.24. The second-order valence-electron chi connectivity index (χ2n) is 6.22. The Labute approximate surface area is 179 Å². The van der Waals surface area contributed by atoms with Crippen LogP contribution in [-0.4, -0.2) is 12.5 Å². The van der Waals surface area contributed by atoms with Crippen molar-refractivity contribution in [3.63, 3.8) is 0 Å². The van der Waals surface area contributed by atoms with Crippen molar-refractivity contribution in [2.24, 2.45) is 0 Å². The molecule has 4 heteroatoms. The molecule has 3 aromatic carbocycles. The molecule has 0 aromatic heterocycles. The monoisotopic (exact) mass is 420 g/mol. The third-order valence-corrected chi connectivity index (χ3v) is 5.69. The highest BCUT2D eigenvalue weighted by atomic mass is 32.2. The number of rotatable bonds is 2. The van der Waals surface area contributed by atoms with Crippen molar-refractivity contribution in [1.82, 2.24) is 0 Å². The van der Waals surface area contributed by atoms with Gasteiger partial charge >= 0.3 is 0 Å². The van der Waals surface area contributed by atoms with Gasteiger partial charge in [-0.1, -0.05) is 23.7 Å². The van der Waals surface area contributed by atoms with Gasteiger partial charge in [0, 0.05) is 26.5 Å². The average molecular weight is 421 g/mol. The molecule has 3 rings (SSSR count). The Morgan fingerprint density at radius 2 is 1.24 bits per heavy atom. The minimum Gasteiger partial charge on any atom is -0.205 e. The van der Waals surface area contributed by atoms with Crippen LogP contribution in [-0.2, 0) is 0 Å². The van der Waals surface area contributed by atoms with Crippen LogP contribution in [0.1, 0.15) is 27.8 Å². The molecule has 0 unspecified atom stereocenters. The molecule has 0 saturated heterocycles. The van der Waals surface area contributed by atoms with E-state index in [2.05, 4.69) is 23.7 Å². The summed E-state index contributed by atoms with van der Waals surface area (Å²) in [5.41, 5.74) is 3.28. The van der Waals surface area contributed by atoms with Gasteiger partial charge in [-0.3, -0.25) is 0 Å². The van der Waals surface area contributed by atoms with Crippen LogP contribution >= 0.6 is 23.5 Å². The summed E-state index contributed by atoms with van der Waals surface area (Å²) in [6.45, 7) is 1.94. The van der Waals surface area contributed by atoms with Crippen LogP contribution in [0.4, 0.5) is 8.78 Å². The zero-order chi connectivity index (χ0) is 20.8. The van der Waals surface area contributed by atoms with Gasteiger partial charge in [-0.05, 0) is 79.6 Å². The van der Waals surface area contributed by atoms with Crippen LogP contribution in [0.3, 0.4) is 0 Å². The Morgan fingerprint density at radius 3 is 1.83 bits per heavy atom. The maximum atomic E-state index is 14.1. The standard InChI is InChI=1S/C25H18F2S2/c1-17-14-19(8-13-23-24(26)15-22(29-3)16-25(23)27)5-10-20(17)9-4-18-6-11-21(28-2)12-7-18/h5-7,10-12,14-16H,1-3H3. The van der Waals surface area contributed by atoms with Crippen LogP contribution in [0.15, 0.2) is 64.4 Å². The molecule has 0 aliphatic carbocycles. The first kappa shape index (κ1) is 21.1. The summed E-state index contributed by atoms with van der Waals surface area (Å²) >= 11 is 2.98. The lowest BCUT2D eigenvalue weighted by Gasteiger charge is -2.01. The van der Waals surface area contributed by atoms with E-state index in [1.54, 1.807) is 18.0 Å². The second kappa shape index (κ2) is 9.70. The highest BCUT2D eigenvalue weighted by molar-refractivity contribution is 7.98. The molecule has 29 heavy (non-hydrogen) atoms. The number of hydrogen-bond acceptors (Lipinski definition) is 2. The molecule has 0 fully saturated rings. The van der Waals surface area contributed by atoms with E-state index >= 15 is 0 Å². The largest absolute Gasteiger partial charge is 0.205 e. The molecule has 0 N–H and O–H groups in total. The normalized spacial score (nSPS) is 9.97. The Morgan fingerprint density at radius 1 is 0.655 bits per heavy atom. The van der Waals surface area contributed by atoms with Crippen LogP contribution < -0.4 is 0 Å². The van der Waals surface area contributed by atoms with E-state index in [0.29, 0.717) is 10.5 Å². The fraction of sp³-hybridized carbons (Fsp3) is 0.120. The number of thioether (sulfide) groups is 2. The molecule has 0 nitrogen and oxygen atoms in total. The second-order valence-corrected chi connectivity index (χ2v) is 7.98. The van der Waals surface area contributed by atoms with Crippen molar-refractivity contribution in [2.75, 3.05) is 12.5 Å². The maximum absolute atomic E-state index is 14.1. The molecule has 0 bridgehead atoms. The number of hydrogen-bond donors (Lipinski definition) is 0. The fourth-order valence-corrected chi connectivity index (χ4v) is 3.47. The predicted molar refractivity (Wildman–Crippen MR) is 120 cm³/mol. The molecule has 0 aliphatic heterocycles. The molecule has 0 atom stereocenters. The summed E-state index contributed by atoms with van der Waals surface area (Å²) in [4.78, 5) is 1.73. The summed E-state index contributed by atoms with van der Waals surface area (Å²) < 4.78 is 28.2. The highest BCUT2D eigenvalue weighted by Gasteiger charge is 2.08. The van der Waals surface area contributed by atoms with Crippen molar-refractivity contribution in [3.05, 3.63) is 94.0 Å². The summed E-state index contributed by atoms with van der Waals surface area (Å²) in [5.74, 6) is 10.5. The lowest BCUT2D eigenvalue weighted by Crippen LogP contribution is -1.91. The van der Waals surface area contributed by atoms with Gasteiger partial charge in [0.1, 0.15) is 11.6 Å². The Hall–Kier alpha value is -2.66. The van der Waals surface area contributed by atoms with E-state index < -0.39 is 11.6 Å². The predicted octanol–water partition coefficient (Wildman–Crippen LogP) is 6.52. The van der Waals surface area contributed by atoms with E-state index in [4.69, 9.17) is 0 Å². The molecule has 144 valence electrons. The first-order chi connectivity index (χ1) is 14.0. The lowest BCUT2D eigenvalue weighted by atomic mass is 10.0. The van der Waals surface area contributed by atoms with E-state index in [0.717, 1.165) is 16.7 Å². The van der Waals surface area contributed by atoms with Crippen LogP contribution in [0.25, 0.3) is 0 Å². The van der Waals surface area contributed by atoms with Crippen molar-refractivity contribution in [1.29, 1.82) is 0 Å². The van der Waals surface area contributed by atoms with Crippen molar-refractivity contribution in [3.8, 4) is 23.7 Å². The van der Waals surface area contributed by atoms with Gasteiger partial charge in [-0.25, -0.2) is 8.78 Å². The maximum Gasteiger partial charge on any atom is 0.142 e. The van der Waals surface area contributed by atoms with Crippen molar-refractivity contribution in [2.45, 2.75) is 16.7 Å². The third kappa shape index (κ3) is 5.45. The van der Waals surface area contributed by atoms with Crippen LogP contribution in [0, 0.1) is 42.2 Å². The molecule has 3 aromatic rings. The van der Waals surface area contributed by atoms with Gasteiger partial charge in [0.2, 0.25) is 0 Å². The first-order valence-corrected chi connectivity index (χ1v) is 11.3. The first-order valence-electron chi connectivity index (χ1n) is 8.82. The molecular weight excluding hydrogens is 402 g/mol. The zero-order valence-corrected chi connectivity index (χ0v) is 17.9. The highest BCUT2D eigenvalue weighted by Crippen LogP contribution is 2.21. The Bertz CT molecular complexity index is 1130. The van der Waals surface area contributed by atoms with E-state index in [-0.39, 0.29) is 5.56 Å². The summed E-state index contributed by atoms with van der Waals surface area (Å²) in [5, 5.41) is 0. The summed E-state index contributed by atoms with van der Waals surface area (Å²) in [6, 6.07) is 16.3. The molecule has 0 radical (unpaired) electrons. The van der Waals surface area contributed by atoms with Gasteiger partial charge in [0.15, 0.2) is 0 Å². The zero-order valence-electron chi connectivity index (χ0n) is 16.3. The van der Waals surface area contributed by atoms with Gasteiger partial charge in [-0.2, -0.15) is 0 Å². The van der Waals surface area contributed by atoms with E-state index in [1.807, 2.05) is 55.6 Å².